The Balaban J connectivity index is 1.47. The van der Waals surface area contributed by atoms with Gasteiger partial charge in [0.2, 0.25) is 5.95 Å². The Morgan fingerprint density at radius 3 is 2.76 bits per heavy atom. The lowest BCUT2D eigenvalue weighted by molar-refractivity contribution is 0.102. The van der Waals surface area contributed by atoms with Crippen LogP contribution in [0, 0.1) is 11.3 Å². The topological polar surface area (TPSA) is 162 Å². The predicted molar refractivity (Wildman–Crippen MR) is 152 cm³/mol. The second-order valence-electron chi connectivity index (χ2n) is 9.60. The summed E-state index contributed by atoms with van der Waals surface area (Å²) in [6, 6.07) is 14.4. The quantitative estimate of drug-likeness (QED) is 0.294. The van der Waals surface area contributed by atoms with Crippen LogP contribution in [0.25, 0.3) is 10.8 Å². The zero-order valence-corrected chi connectivity index (χ0v) is 22.6. The number of nitrogens with one attached hydrogen (secondary N) is 2. The molecule has 2 amide bonds. The molecule has 1 aliphatic heterocycles. The summed E-state index contributed by atoms with van der Waals surface area (Å²) < 4.78 is 7.11. The minimum absolute atomic E-state index is 0.0380. The van der Waals surface area contributed by atoms with Crippen LogP contribution in [0.2, 0.25) is 0 Å². The summed E-state index contributed by atoms with van der Waals surface area (Å²) in [4.78, 5) is 37.6. The number of piperazine rings is 1. The normalized spacial score (nSPS) is 14.9. The third-order valence-corrected chi connectivity index (χ3v) is 6.85. The molecule has 1 aliphatic rings. The molecule has 3 heterocycles. The fraction of sp³-hybridized carbons (Fsp3) is 0.286. The van der Waals surface area contributed by atoms with Crippen LogP contribution in [0.1, 0.15) is 22.5 Å². The maximum Gasteiger partial charge on any atom is 0.407 e. The molecule has 0 radical (unpaired) electrons. The van der Waals surface area contributed by atoms with E-state index >= 15 is 0 Å². The number of carboxylic acid groups (broad SMARTS) is 1. The van der Waals surface area contributed by atoms with E-state index in [4.69, 9.17) is 4.74 Å². The first-order chi connectivity index (χ1) is 19.8. The number of carbonyl (C=O) groups excluding carboxylic acids is 1. The Labute approximate surface area is 236 Å². The number of methoxy groups -OCH3 is 1. The molecule has 0 unspecified atom stereocenters. The lowest BCUT2D eigenvalue weighted by atomic mass is 10.1. The smallest absolute Gasteiger partial charge is 0.407 e. The highest BCUT2D eigenvalue weighted by Crippen LogP contribution is 2.30. The molecule has 0 aliphatic carbocycles. The zero-order valence-electron chi connectivity index (χ0n) is 22.6. The van der Waals surface area contributed by atoms with Crippen molar-refractivity contribution >= 4 is 40.2 Å². The van der Waals surface area contributed by atoms with Gasteiger partial charge in [-0.15, -0.1) is 0 Å². The van der Waals surface area contributed by atoms with Gasteiger partial charge in [0, 0.05) is 62.5 Å². The molecule has 210 valence electrons. The molecule has 4 aromatic rings. The van der Waals surface area contributed by atoms with Crippen LogP contribution in [-0.2, 0) is 13.6 Å². The average molecular weight is 556 g/mol. The highest BCUT2D eigenvalue weighted by atomic mass is 16.5. The molecule has 2 aromatic carbocycles. The maximum atomic E-state index is 13.6. The van der Waals surface area contributed by atoms with Crippen molar-refractivity contribution < 1.29 is 19.4 Å². The number of anilines is 3. The van der Waals surface area contributed by atoms with Crippen molar-refractivity contribution in [1.82, 2.24) is 24.6 Å². The Morgan fingerprint density at radius 2 is 2.02 bits per heavy atom. The molecule has 3 N–H and O–H groups in total. The molecule has 0 bridgehead atoms. The number of fused-ring (bicyclic) bond motifs is 1. The summed E-state index contributed by atoms with van der Waals surface area (Å²) in [6.45, 7) is 1.17. The molecule has 13 nitrogen and oxygen atoms in total. The van der Waals surface area contributed by atoms with Gasteiger partial charge in [-0.25, -0.2) is 9.78 Å². The molecular formula is C28H29N9O4. The van der Waals surface area contributed by atoms with Gasteiger partial charge in [0.1, 0.15) is 17.3 Å². The molecular weight excluding hydrogens is 526 g/mol. The van der Waals surface area contributed by atoms with Crippen LogP contribution in [0.4, 0.5) is 22.2 Å². The minimum Gasteiger partial charge on any atom is -0.497 e. The Hall–Kier alpha value is -5.38. The number of nitriles is 1. The summed E-state index contributed by atoms with van der Waals surface area (Å²) in [5.41, 5.74) is 1.59. The van der Waals surface area contributed by atoms with Crippen molar-refractivity contribution in [2.24, 2.45) is 7.05 Å². The van der Waals surface area contributed by atoms with Crippen LogP contribution in [0.5, 0.6) is 5.75 Å². The Kier molecular flexibility index (Phi) is 7.82. The van der Waals surface area contributed by atoms with E-state index in [1.54, 1.807) is 30.1 Å². The van der Waals surface area contributed by atoms with Gasteiger partial charge in [0.15, 0.2) is 0 Å². The van der Waals surface area contributed by atoms with E-state index in [0.29, 0.717) is 30.3 Å². The third-order valence-electron chi connectivity index (χ3n) is 6.85. The standard InChI is InChI=1S/C28H29N9O4/c1-35-16-18(15-31-35)14-30-27-33-24(13-25(34-27)36-9-10-37(28(39)40)20(17-36)7-8-29)26(38)32-23-12-21(41-2)11-19-5-3-4-6-22(19)23/h3-6,11-13,15-16,20H,7,9-10,14,17H2,1-2H3,(H,32,38)(H,39,40)(H,30,33,34)/t20-/m0/s1. The molecule has 1 atom stereocenters. The van der Waals surface area contributed by atoms with Crippen molar-refractivity contribution in [3.8, 4) is 11.8 Å². The lowest BCUT2D eigenvalue weighted by Crippen LogP contribution is -2.55. The molecule has 2 aromatic heterocycles. The van der Waals surface area contributed by atoms with Crippen molar-refractivity contribution in [1.29, 1.82) is 5.26 Å². The van der Waals surface area contributed by atoms with E-state index in [2.05, 4.69) is 31.8 Å². The van der Waals surface area contributed by atoms with Gasteiger partial charge in [0.05, 0.1) is 37.5 Å². The van der Waals surface area contributed by atoms with Gasteiger partial charge >= 0.3 is 6.09 Å². The third kappa shape index (κ3) is 6.11. The van der Waals surface area contributed by atoms with Gasteiger partial charge in [-0.3, -0.25) is 9.48 Å². The van der Waals surface area contributed by atoms with Gasteiger partial charge in [-0.1, -0.05) is 24.3 Å². The van der Waals surface area contributed by atoms with Crippen LogP contribution in [0.15, 0.2) is 54.9 Å². The van der Waals surface area contributed by atoms with Crippen LogP contribution < -0.4 is 20.3 Å². The van der Waals surface area contributed by atoms with Gasteiger partial charge in [-0.2, -0.15) is 15.3 Å². The fourth-order valence-electron chi connectivity index (χ4n) is 4.82. The fourth-order valence-corrected chi connectivity index (χ4v) is 4.82. The second-order valence-corrected chi connectivity index (χ2v) is 9.60. The average Bonchev–Trinajstić information content (AvgIpc) is 3.40. The van der Waals surface area contributed by atoms with Crippen molar-refractivity contribution in [3.05, 3.63) is 66.1 Å². The Bertz CT molecular complexity index is 1630. The number of nitrogens with zero attached hydrogens (tertiary/aromatic N) is 7. The molecule has 1 saturated heterocycles. The number of rotatable bonds is 8. The summed E-state index contributed by atoms with van der Waals surface area (Å²) >= 11 is 0. The van der Waals surface area contributed by atoms with Gasteiger partial charge < -0.3 is 30.3 Å². The monoisotopic (exact) mass is 555 g/mol. The van der Waals surface area contributed by atoms with E-state index in [9.17, 15) is 20.0 Å². The molecule has 13 heteroatoms. The summed E-state index contributed by atoms with van der Waals surface area (Å²) in [7, 11) is 3.38. The number of aryl methyl sites for hydroxylation is 1. The lowest BCUT2D eigenvalue weighted by Gasteiger charge is -2.39. The largest absolute Gasteiger partial charge is 0.497 e. The van der Waals surface area contributed by atoms with Crippen LogP contribution in [-0.4, -0.2) is 74.5 Å². The van der Waals surface area contributed by atoms with Gasteiger partial charge in [-0.05, 0) is 11.5 Å². The van der Waals surface area contributed by atoms with E-state index in [1.165, 1.54) is 4.90 Å². The number of ether oxygens (including phenoxy) is 1. The van der Waals surface area contributed by atoms with Crippen LogP contribution in [0.3, 0.4) is 0 Å². The number of amides is 2. The first kappa shape index (κ1) is 27.2. The van der Waals surface area contributed by atoms with E-state index in [1.807, 2.05) is 48.5 Å². The first-order valence-electron chi connectivity index (χ1n) is 12.9. The first-order valence-corrected chi connectivity index (χ1v) is 12.9. The number of hydrogen-bond donors (Lipinski definition) is 3. The maximum absolute atomic E-state index is 13.6. The van der Waals surface area contributed by atoms with Crippen molar-refractivity contribution in [3.63, 3.8) is 0 Å². The number of benzene rings is 2. The molecule has 0 spiro atoms. The Morgan fingerprint density at radius 1 is 1.20 bits per heavy atom. The molecule has 41 heavy (non-hydrogen) atoms. The van der Waals surface area contributed by atoms with E-state index in [0.717, 1.165) is 16.3 Å². The number of aromatic nitrogens is 4. The SMILES string of the molecule is COc1cc(NC(=O)c2cc(N3CCN(C(=O)O)[C@@H](CC#N)C3)nc(NCc3cnn(C)c3)n2)c2ccccc2c1. The highest BCUT2D eigenvalue weighted by molar-refractivity contribution is 6.09. The van der Waals surface area contributed by atoms with Crippen molar-refractivity contribution in [2.45, 2.75) is 19.0 Å². The van der Waals surface area contributed by atoms with Crippen LogP contribution >= 0.6 is 0 Å². The molecule has 1 fully saturated rings. The van der Waals surface area contributed by atoms with E-state index in [-0.39, 0.29) is 31.2 Å². The number of hydrogen-bond acceptors (Lipinski definition) is 9. The second kappa shape index (κ2) is 11.8. The summed E-state index contributed by atoms with van der Waals surface area (Å²) in [6.07, 6.45) is 2.54. The number of carbonyl (C=O) groups is 2. The molecule has 0 saturated carbocycles. The minimum atomic E-state index is -1.07. The summed E-state index contributed by atoms with van der Waals surface area (Å²) in [5, 5.41) is 30.9. The van der Waals surface area contributed by atoms with Crippen molar-refractivity contribution in [2.75, 3.05) is 42.3 Å². The highest BCUT2D eigenvalue weighted by Gasteiger charge is 2.31. The molecule has 5 rings (SSSR count). The zero-order chi connectivity index (χ0) is 28.9. The van der Waals surface area contributed by atoms with E-state index < -0.39 is 18.0 Å². The van der Waals surface area contributed by atoms with Gasteiger partial charge in [0.25, 0.3) is 5.91 Å². The predicted octanol–water partition coefficient (Wildman–Crippen LogP) is 3.32. The summed E-state index contributed by atoms with van der Waals surface area (Å²) in [5.74, 6) is 0.821.